The molecule has 3 heterocycles. The summed E-state index contributed by atoms with van der Waals surface area (Å²) >= 11 is 0. The Balaban J connectivity index is 1.36. The molecule has 0 radical (unpaired) electrons. The predicted molar refractivity (Wildman–Crippen MR) is 173 cm³/mol. The van der Waals surface area contributed by atoms with Gasteiger partial charge in [0.2, 0.25) is 11.8 Å². The molecule has 2 amide bonds. The third-order valence-electron chi connectivity index (χ3n) is 9.66. The number of rotatable bonds is 10. The molecule has 0 saturated carbocycles. The van der Waals surface area contributed by atoms with Crippen molar-refractivity contribution in [3.05, 3.63) is 100 Å². The first-order valence-electron chi connectivity index (χ1n) is 16.5. The summed E-state index contributed by atoms with van der Waals surface area (Å²) in [5.41, 5.74) is -1.95. The number of allylic oxidation sites excluding steroid dienone is 1. The second kappa shape index (κ2) is 14.4. The molecule has 8 nitrogen and oxygen atoms in total. The van der Waals surface area contributed by atoms with Crippen LogP contribution < -0.4 is 9.64 Å². The number of aliphatic hydroxyl groups excluding tert-OH is 1. The van der Waals surface area contributed by atoms with E-state index in [2.05, 4.69) is 0 Å². The second-order valence-corrected chi connectivity index (χ2v) is 12.9. The van der Waals surface area contributed by atoms with Gasteiger partial charge >= 0.3 is 19.5 Å². The Labute approximate surface area is 289 Å². The number of aliphatic hydroxyl groups is 1. The molecular weight excluding hydrogens is 683 g/mol. The first-order valence-corrected chi connectivity index (χ1v) is 16.5. The van der Waals surface area contributed by atoms with Crippen LogP contribution in [0.1, 0.15) is 55.3 Å². The van der Waals surface area contributed by atoms with Crippen LogP contribution >= 0.6 is 0 Å². The van der Waals surface area contributed by atoms with Gasteiger partial charge in [-0.1, -0.05) is 30.7 Å². The van der Waals surface area contributed by atoms with E-state index in [0.29, 0.717) is 64.7 Å². The van der Waals surface area contributed by atoms with Gasteiger partial charge in [0.15, 0.2) is 0 Å². The van der Waals surface area contributed by atoms with Gasteiger partial charge in [-0.3, -0.25) is 9.59 Å². The Kier molecular flexibility index (Phi) is 10.3. The monoisotopic (exact) mass is 717 g/mol. The highest BCUT2D eigenvalue weighted by Crippen LogP contribution is 2.52. The molecule has 2 N–H and O–H groups in total. The van der Waals surface area contributed by atoms with Crippen molar-refractivity contribution < 1.29 is 59.9 Å². The Morgan fingerprint density at radius 3 is 2.27 bits per heavy atom. The van der Waals surface area contributed by atoms with E-state index in [9.17, 15) is 46.1 Å². The molecule has 51 heavy (non-hydrogen) atoms. The fourth-order valence-electron chi connectivity index (χ4n) is 7.33. The average Bonchev–Trinajstić information content (AvgIpc) is 3.65. The summed E-state index contributed by atoms with van der Waals surface area (Å²) in [6.07, 6.45) is -8.06. The van der Waals surface area contributed by atoms with E-state index < -0.39 is 72.0 Å². The topological polar surface area (TPSA) is 109 Å². The van der Waals surface area contributed by atoms with E-state index >= 15 is 0 Å². The molecule has 3 aromatic rings. The van der Waals surface area contributed by atoms with Gasteiger partial charge in [-0.2, -0.15) is 26.3 Å². The highest BCUT2D eigenvalue weighted by Gasteiger charge is 2.58. The molecule has 1 aliphatic carbocycles. The van der Waals surface area contributed by atoms with Crippen LogP contribution in [0.2, 0.25) is 6.32 Å². The molecule has 15 heteroatoms. The maximum absolute atomic E-state index is 14.1. The molecule has 2 saturated heterocycles. The van der Waals surface area contributed by atoms with Crippen LogP contribution in [0.5, 0.6) is 5.75 Å². The summed E-state index contributed by atoms with van der Waals surface area (Å²) in [5.74, 6) is -3.53. The molecule has 3 aliphatic rings. The molecule has 2 aromatic carbocycles. The van der Waals surface area contributed by atoms with Crippen LogP contribution in [-0.4, -0.2) is 41.8 Å². The molecule has 270 valence electrons. The lowest BCUT2D eigenvalue weighted by Gasteiger charge is -2.43. The smallest absolute Gasteiger partial charge is 0.455 e. The lowest BCUT2D eigenvalue weighted by molar-refractivity contribution is -0.143. The zero-order chi connectivity index (χ0) is 36.7. The number of imide groups is 1. The van der Waals surface area contributed by atoms with E-state index in [4.69, 9.17) is 13.8 Å². The number of nitrogens with zero attached hydrogens (tertiary/aromatic N) is 1. The maximum atomic E-state index is 14.1. The predicted octanol–water partition coefficient (Wildman–Crippen LogP) is 7.46. The number of benzene rings is 2. The Bertz CT molecular complexity index is 1800. The molecule has 6 rings (SSSR count). The van der Waals surface area contributed by atoms with E-state index in [0.717, 1.165) is 5.57 Å². The van der Waals surface area contributed by atoms with Crippen molar-refractivity contribution in [3.8, 4) is 5.75 Å². The Hall–Kier alpha value is -4.34. The number of halogens is 6. The quantitative estimate of drug-likeness (QED) is 0.0970. The summed E-state index contributed by atoms with van der Waals surface area (Å²) in [6.45, 7) is 1.65. The number of hydrogen-bond acceptors (Lipinski definition) is 7. The van der Waals surface area contributed by atoms with Gasteiger partial charge in [-0.15, -0.1) is 0 Å². The van der Waals surface area contributed by atoms with E-state index in [-0.39, 0.29) is 32.0 Å². The van der Waals surface area contributed by atoms with Crippen LogP contribution in [0, 0.1) is 17.8 Å². The highest BCUT2D eigenvalue weighted by atomic mass is 19.4. The minimum atomic E-state index is -5.19. The van der Waals surface area contributed by atoms with Crippen molar-refractivity contribution in [1.82, 2.24) is 0 Å². The Morgan fingerprint density at radius 2 is 1.67 bits per heavy atom. The number of carbonyl (C=O) groups is 2. The summed E-state index contributed by atoms with van der Waals surface area (Å²) in [7, 11) is -1.37. The molecule has 1 aromatic heterocycles. The first-order chi connectivity index (χ1) is 24.2. The van der Waals surface area contributed by atoms with Crippen LogP contribution in [0.4, 0.5) is 32.0 Å². The number of para-hydroxylation sites is 1. The van der Waals surface area contributed by atoms with Crippen molar-refractivity contribution in [3.63, 3.8) is 0 Å². The SMILES string of the molecule is CC/C(=C\c1ccc(CO)o1)CC[C@H]1OB(O)C[C@H]2C1=C(COc1ccccc1)C[C@H]1C(=O)N(c3cc(C(F)(F)F)cc(C(F)(F)F)c3)C(=O)[C@H]12. The molecule has 0 unspecified atom stereocenters. The summed E-state index contributed by atoms with van der Waals surface area (Å²) in [6, 6.07) is 12.8. The number of anilines is 1. The van der Waals surface area contributed by atoms with Crippen molar-refractivity contribution in [2.24, 2.45) is 17.8 Å². The van der Waals surface area contributed by atoms with Gasteiger partial charge in [-0.25, -0.2) is 4.90 Å². The third kappa shape index (κ3) is 7.65. The van der Waals surface area contributed by atoms with Crippen LogP contribution in [0.25, 0.3) is 6.08 Å². The van der Waals surface area contributed by atoms with Crippen molar-refractivity contribution in [1.29, 1.82) is 0 Å². The minimum absolute atomic E-state index is 0.0366. The van der Waals surface area contributed by atoms with Gasteiger partial charge in [0.1, 0.15) is 30.5 Å². The number of fused-ring (bicyclic) bond motifs is 3. The van der Waals surface area contributed by atoms with Gasteiger partial charge in [0.05, 0.1) is 34.8 Å². The van der Waals surface area contributed by atoms with Gasteiger partial charge in [0.25, 0.3) is 0 Å². The number of amides is 2. The van der Waals surface area contributed by atoms with Crippen molar-refractivity contribution in [2.45, 2.75) is 64.0 Å². The maximum Gasteiger partial charge on any atom is 0.455 e. The number of alkyl halides is 6. The van der Waals surface area contributed by atoms with Crippen molar-refractivity contribution in [2.75, 3.05) is 11.5 Å². The second-order valence-electron chi connectivity index (χ2n) is 12.9. The first kappa shape index (κ1) is 36.5. The molecule has 2 fully saturated rings. The average molecular weight is 717 g/mol. The highest BCUT2D eigenvalue weighted by molar-refractivity contribution is 6.43. The normalized spacial score (nSPS) is 22.8. The van der Waals surface area contributed by atoms with Gasteiger partial charge < -0.3 is 23.9 Å². The molecule has 2 aliphatic heterocycles. The standard InChI is InChI=1S/C36H34BF6NO7/c1-2-20(12-26-9-10-27(18-45)50-26)8-11-30-31-21(19-49-25-6-4-3-5-7-25)13-28-32(29(31)17-37(48)51-30)34(47)44(33(28)46)24-15-22(35(38,39)40)14-23(16-24)36(41,42)43/h3-7,9-10,12,14-16,28-30,32,45,48H,2,8,11,13,17-19H2,1H3/b20-12+/t28-,29+,30-,32-/m1/s1. The van der Waals surface area contributed by atoms with Crippen molar-refractivity contribution >= 4 is 30.7 Å². The van der Waals surface area contributed by atoms with Crippen LogP contribution in [0.3, 0.4) is 0 Å². The van der Waals surface area contributed by atoms with Crippen LogP contribution in [0.15, 0.2) is 81.8 Å². The van der Waals surface area contributed by atoms with Gasteiger partial charge in [0, 0.05) is 0 Å². The Morgan fingerprint density at radius 1 is 0.980 bits per heavy atom. The molecule has 4 atom stereocenters. The van der Waals surface area contributed by atoms with Gasteiger partial charge in [-0.05, 0) is 97.6 Å². The molecule has 0 bridgehead atoms. The largest absolute Gasteiger partial charge is 0.489 e. The number of ether oxygens (including phenoxy) is 1. The summed E-state index contributed by atoms with van der Waals surface area (Å²) < 4.78 is 100. The van der Waals surface area contributed by atoms with E-state index in [1.165, 1.54) is 0 Å². The fraction of sp³-hybridized carbons (Fsp3) is 0.389. The summed E-state index contributed by atoms with van der Waals surface area (Å²) in [5, 5.41) is 20.3. The molecule has 0 spiro atoms. The summed E-state index contributed by atoms with van der Waals surface area (Å²) in [4.78, 5) is 28.5. The lowest BCUT2D eigenvalue weighted by atomic mass is 9.58. The lowest BCUT2D eigenvalue weighted by Crippen LogP contribution is -2.46. The zero-order valence-corrected chi connectivity index (χ0v) is 27.3. The van der Waals surface area contributed by atoms with E-state index in [1.54, 1.807) is 42.5 Å². The number of furan rings is 1. The van der Waals surface area contributed by atoms with E-state index in [1.807, 2.05) is 13.0 Å². The number of carbonyl (C=O) groups excluding carboxylic acids is 2. The number of hydrogen-bond donors (Lipinski definition) is 2. The zero-order valence-electron chi connectivity index (χ0n) is 27.3. The third-order valence-corrected chi connectivity index (χ3v) is 9.66. The molecular formula is C36H34BF6NO7. The van der Waals surface area contributed by atoms with Crippen LogP contribution in [-0.2, 0) is 33.2 Å². The fourth-order valence-corrected chi connectivity index (χ4v) is 7.33. The minimum Gasteiger partial charge on any atom is -0.489 e.